The lowest BCUT2D eigenvalue weighted by Gasteiger charge is -2.17. The van der Waals surface area contributed by atoms with Crippen LogP contribution in [0.4, 0.5) is 0 Å². The molecule has 70 valence electrons. The molecule has 0 saturated carbocycles. The summed E-state index contributed by atoms with van der Waals surface area (Å²) in [5.74, 6) is -1.19. The Bertz CT molecular complexity index is 172. The van der Waals surface area contributed by atoms with Crippen molar-refractivity contribution >= 4 is 5.97 Å². The van der Waals surface area contributed by atoms with E-state index in [0.29, 0.717) is 0 Å². The number of aliphatic hydroxyl groups is 2. The van der Waals surface area contributed by atoms with Gasteiger partial charge < -0.3 is 15.3 Å². The topological polar surface area (TPSA) is 140 Å². The summed E-state index contributed by atoms with van der Waals surface area (Å²) in [5, 5.41) is 25.1. The van der Waals surface area contributed by atoms with Crippen LogP contribution in [-0.4, -0.2) is 34.5 Å². The smallest absolute Gasteiger partial charge is 0.314 e. The van der Waals surface area contributed by atoms with E-state index in [-0.39, 0.29) is 0 Å². The van der Waals surface area contributed by atoms with E-state index < -0.39 is 24.6 Å². The van der Waals surface area contributed by atoms with E-state index in [1.807, 2.05) is 4.91 Å². The Kier molecular flexibility index (Phi) is 7.11. The highest BCUT2D eigenvalue weighted by molar-refractivity contribution is 5.74. The summed E-state index contributed by atoms with van der Waals surface area (Å²) in [7, 11) is 0. The molecule has 0 fully saturated rings. The van der Waals surface area contributed by atoms with Crippen LogP contribution in [-0.2, 0) is 4.79 Å². The third-order valence-electron chi connectivity index (χ3n) is 1.21. The quantitative estimate of drug-likeness (QED) is 0.284. The highest BCUT2D eigenvalue weighted by atomic mass is 16.4. The van der Waals surface area contributed by atoms with E-state index in [1.165, 1.54) is 6.92 Å². The van der Waals surface area contributed by atoms with Gasteiger partial charge in [0.2, 0.25) is 4.91 Å². The fourth-order valence-corrected chi connectivity index (χ4v) is 0.185. The predicted molar refractivity (Wildman–Crippen MR) is 37.5 cm³/mol. The van der Waals surface area contributed by atoms with Crippen LogP contribution >= 0.6 is 0 Å². The Morgan fingerprint density at radius 2 is 1.67 bits per heavy atom. The second-order valence-corrected chi connectivity index (χ2v) is 2.29. The Morgan fingerprint density at radius 1 is 1.42 bits per heavy atom. The van der Waals surface area contributed by atoms with Crippen molar-refractivity contribution in [3.05, 3.63) is 0 Å². The van der Waals surface area contributed by atoms with E-state index in [2.05, 4.69) is 0 Å². The van der Waals surface area contributed by atoms with Gasteiger partial charge in [-0.3, -0.25) is 4.79 Å². The van der Waals surface area contributed by atoms with Crippen molar-refractivity contribution in [2.75, 3.05) is 13.2 Å². The lowest BCUT2D eigenvalue weighted by atomic mass is 9.94. The minimum Gasteiger partial charge on any atom is -0.481 e. The number of carboxylic acids is 1. The van der Waals surface area contributed by atoms with Gasteiger partial charge in [0.05, 0.1) is 13.2 Å². The molecular weight excluding hydrogens is 166 g/mol. The first-order valence-electron chi connectivity index (χ1n) is 2.96. The standard InChI is InChI=1S/C5H10O4.H2N3/c1-5(2-6,3-7)4(8)9;1-3-2/h6-7H,2-3H2,1H3,(H,8,9);1-2H/q;+1. The van der Waals surface area contributed by atoms with Crippen molar-refractivity contribution in [1.29, 1.82) is 11.1 Å². The number of rotatable bonds is 3. The van der Waals surface area contributed by atoms with Crippen LogP contribution in [0.1, 0.15) is 6.92 Å². The molecule has 5 N–H and O–H groups in total. The molecule has 0 aromatic rings. The fraction of sp³-hybridized carbons (Fsp3) is 0.800. The highest BCUT2D eigenvalue weighted by Gasteiger charge is 2.31. The monoisotopic (exact) mass is 178 g/mol. The molecule has 7 nitrogen and oxygen atoms in total. The third-order valence-corrected chi connectivity index (χ3v) is 1.21. The lowest BCUT2D eigenvalue weighted by Crippen LogP contribution is -2.35. The summed E-state index contributed by atoms with van der Waals surface area (Å²) < 4.78 is 0. The molecule has 0 aliphatic rings. The van der Waals surface area contributed by atoms with E-state index in [1.54, 1.807) is 0 Å². The lowest BCUT2D eigenvalue weighted by molar-refractivity contribution is -0.152. The number of hydrogen-bond donors (Lipinski definition) is 5. The average Bonchev–Trinajstić information content (AvgIpc) is 2.04. The summed E-state index contributed by atoms with van der Waals surface area (Å²) in [6.45, 7) is 0.187. The molecule has 0 aliphatic heterocycles. The largest absolute Gasteiger partial charge is 0.481 e. The Labute approximate surface area is 68.7 Å². The highest BCUT2D eigenvalue weighted by Crippen LogP contribution is 2.12. The molecule has 0 radical (unpaired) electrons. The number of aliphatic carboxylic acids is 1. The van der Waals surface area contributed by atoms with Crippen LogP contribution in [0.3, 0.4) is 0 Å². The number of nitrogens with one attached hydrogen (secondary N) is 2. The summed E-state index contributed by atoms with van der Waals surface area (Å²) in [6.07, 6.45) is 0. The normalized spacial score (nSPS) is 9.25. The van der Waals surface area contributed by atoms with E-state index in [9.17, 15) is 4.79 Å². The van der Waals surface area contributed by atoms with Crippen molar-refractivity contribution in [3.63, 3.8) is 0 Å². The first-order chi connectivity index (χ1) is 5.48. The average molecular weight is 178 g/mol. The van der Waals surface area contributed by atoms with Crippen molar-refractivity contribution in [1.82, 2.24) is 4.91 Å². The second kappa shape index (κ2) is 6.41. The van der Waals surface area contributed by atoms with Crippen LogP contribution < -0.4 is 4.91 Å². The molecule has 0 aromatic carbocycles. The van der Waals surface area contributed by atoms with E-state index >= 15 is 0 Å². The van der Waals surface area contributed by atoms with Gasteiger partial charge in [0.15, 0.2) is 0 Å². The van der Waals surface area contributed by atoms with E-state index in [4.69, 9.17) is 26.4 Å². The zero-order valence-electron chi connectivity index (χ0n) is 6.61. The number of carbonyl (C=O) groups is 1. The minimum atomic E-state index is -1.39. The molecule has 0 atom stereocenters. The molecule has 0 rings (SSSR count). The fourth-order valence-electron chi connectivity index (χ4n) is 0.185. The summed E-state index contributed by atoms with van der Waals surface area (Å²) >= 11 is 0. The number of hydrogen-bond acceptors (Lipinski definition) is 5. The molecule has 0 amide bonds. The predicted octanol–water partition coefficient (Wildman–Crippen LogP) is -0.823. The van der Waals surface area contributed by atoms with Gasteiger partial charge >= 0.3 is 5.97 Å². The van der Waals surface area contributed by atoms with Crippen LogP contribution in [0, 0.1) is 16.5 Å². The molecule has 0 heterocycles. The molecule has 0 bridgehead atoms. The molecule has 0 spiro atoms. The van der Waals surface area contributed by atoms with Crippen molar-refractivity contribution in [2.45, 2.75) is 6.92 Å². The first kappa shape index (κ1) is 13.3. The molecular formula is C5H12N3O4+. The van der Waals surface area contributed by atoms with Gasteiger partial charge in [-0.15, -0.1) is 0 Å². The first-order valence-corrected chi connectivity index (χ1v) is 2.96. The Hall–Kier alpha value is -1.30. The SMILES string of the molecule is CC(CO)(CO)C(=O)O.N=[N+]=N. The molecule has 7 heteroatoms. The van der Waals surface area contributed by atoms with E-state index in [0.717, 1.165) is 0 Å². The van der Waals surface area contributed by atoms with Gasteiger partial charge in [-0.1, -0.05) is 0 Å². The van der Waals surface area contributed by atoms with Gasteiger partial charge in [0.1, 0.15) is 16.5 Å². The van der Waals surface area contributed by atoms with Crippen LogP contribution in [0.5, 0.6) is 0 Å². The van der Waals surface area contributed by atoms with Gasteiger partial charge in [0.25, 0.3) is 0 Å². The zero-order chi connectivity index (χ0) is 10.2. The number of carboxylic acid groups (broad SMARTS) is 1. The maximum absolute atomic E-state index is 10.2. The van der Waals surface area contributed by atoms with Gasteiger partial charge in [0, 0.05) is 0 Å². The van der Waals surface area contributed by atoms with Crippen LogP contribution in [0.25, 0.3) is 0 Å². The van der Waals surface area contributed by atoms with Gasteiger partial charge in [-0.05, 0) is 6.92 Å². The second-order valence-electron chi connectivity index (χ2n) is 2.29. The Balaban J connectivity index is 0. The molecule has 0 aromatic heterocycles. The van der Waals surface area contributed by atoms with Crippen LogP contribution in [0.2, 0.25) is 0 Å². The van der Waals surface area contributed by atoms with Crippen molar-refractivity contribution < 1.29 is 20.1 Å². The molecule has 0 aliphatic carbocycles. The molecule has 12 heavy (non-hydrogen) atoms. The number of nitrogens with zero attached hydrogens (tertiary/aromatic N) is 1. The summed E-state index contributed by atoms with van der Waals surface area (Å²) in [4.78, 5) is 12.2. The third kappa shape index (κ3) is 4.51. The van der Waals surface area contributed by atoms with Crippen molar-refractivity contribution in [2.24, 2.45) is 5.41 Å². The van der Waals surface area contributed by atoms with Gasteiger partial charge in [-0.2, -0.15) is 0 Å². The molecule has 0 saturated heterocycles. The number of aliphatic hydroxyl groups excluding tert-OH is 2. The minimum absolute atomic E-state index is 0.543. The van der Waals surface area contributed by atoms with Crippen molar-refractivity contribution in [3.8, 4) is 0 Å². The van der Waals surface area contributed by atoms with Gasteiger partial charge in [-0.25, -0.2) is 0 Å². The molecule has 0 unspecified atom stereocenters. The Morgan fingerprint density at radius 3 is 1.67 bits per heavy atom. The zero-order valence-corrected chi connectivity index (χ0v) is 6.61. The van der Waals surface area contributed by atoms with Crippen LogP contribution in [0.15, 0.2) is 0 Å². The summed E-state index contributed by atoms with van der Waals surface area (Å²) in [5.41, 5.74) is 9.61. The maximum atomic E-state index is 10.2. The summed E-state index contributed by atoms with van der Waals surface area (Å²) in [6, 6.07) is 0. The maximum Gasteiger partial charge on any atom is 0.314 e.